The van der Waals surface area contributed by atoms with E-state index in [2.05, 4.69) is 31.8 Å². The van der Waals surface area contributed by atoms with E-state index in [0.717, 1.165) is 11.1 Å². The van der Waals surface area contributed by atoms with Gasteiger partial charge in [-0.05, 0) is 76.8 Å². The molecule has 0 heterocycles. The molecule has 0 spiro atoms. The van der Waals surface area contributed by atoms with Crippen molar-refractivity contribution in [3.63, 3.8) is 0 Å². The molecule has 0 aliphatic heterocycles. The third kappa shape index (κ3) is 4.66. The fourth-order valence-electron chi connectivity index (χ4n) is 1.83. The quantitative estimate of drug-likeness (QED) is 0.428. The van der Waals surface area contributed by atoms with Crippen molar-refractivity contribution in [2.24, 2.45) is 5.10 Å². The molecule has 0 radical (unpaired) electrons. The zero-order valence-corrected chi connectivity index (χ0v) is 14.7. The van der Waals surface area contributed by atoms with Crippen LogP contribution in [0, 0.1) is 13.8 Å². The van der Waals surface area contributed by atoms with Gasteiger partial charge in [-0.3, -0.25) is 9.59 Å². The van der Waals surface area contributed by atoms with Gasteiger partial charge in [-0.15, -0.1) is 0 Å². The summed E-state index contributed by atoms with van der Waals surface area (Å²) in [5.74, 6) is -1.58. The molecule has 0 fully saturated rings. The summed E-state index contributed by atoms with van der Waals surface area (Å²) >= 11 is 3.17. The summed E-state index contributed by atoms with van der Waals surface area (Å²) in [5.41, 5.74) is 5.46. The van der Waals surface area contributed by atoms with Crippen LogP contribution in [0.25, 0.3) is 0 Å². The predicted molar refractivity (Wildman–Crippen MR) is 96.1 cm³/mol. The standard InChI is InChI=1S/C17H16BrN3O3/c1-10-3-5-13(7-11(10)2)20-16(23)17(24)21-19-9-12-4-6-15(22)14(18)8-12/h3-9,22H,1-2H3,(H,20,23)(H,21,24)/b19-9+. The Morgan fingerprint density at radius 2 is 1.83 bits per heavy atom. The maximum Gasteiger partial charge on any atom is 0.329 e. The van der Waals surface area contributed by atoms with E-state index in [1.165, 1.54) is 12.3 Å². The number of amides is 2. The summed E-state index contributed by atoms with van der Waals surface area (Å²) in [6.45, 7) is 3.88. The number of rotatable bonds is 3. The van der Waals surface area contributed by atoms with Crippen LogP contribution in [0.4, 0.5) is 5.69 Å². The van der Waals surface area contributed by atoms with Gasteiger partial charge in [0.2, 0.25) is 0 Å². The number of nitrogens with one attached hydrogen (secondary N) is 2. The Bertz CT molecular complexity index is 819. The van der Waals surface area contributed by atoms with Crippen LogP contribution < -0.4 is 10.7 Å². The number of benzene rings is 2. The summed E-state index contributed by atoms with van der Waals surface area (Å²) in [6, 6.07) is 10.1. The van der Waals surface area contributed by atoms with Gasteiger partial charge in [0, 0.05) is 5.69 Å². The summed E-state index contributed by atoms with van der Waals surface area (Å²) < 4.78 is 0.505. The average molecular weight is 390 g/mol. The Kier molecular flexibility index (Phi) is 5.70. The number of halogens is 1. The van der Waals surface area contributed by atoms with Crippen LogP contribution >= 0.6 is 15.9 Å². The third-order valence-corrected chi connectivity index (χ3v) is 3.96. The Morgan fingerprint density at radius 1 is 1.08 bits per heavy atom. The number of hydrazone groups is 1. The smallest absolute Gasteiger partial charge is 0.329 e. The number of anilines is 1. The Hall–Kier alpha value is -2.67. The van der Waals surface area contributed by atoms with Crippen LogP contribution in [0.2, 0.25) is 0 Å². The normalized spacial score (nSPS) is 10.6. The van der Waals surface area contributed by atoms with Gasteiger partial charge in [-0.1, -0.05) is 6.07 Å². The van der Waals surface area contributed by atoms with Crippen LogP contribution in [0.3, 0.4) is 0 Å². The monoisotopic (exact) mass is 389 g/mol. The van der Waals surface area contributed by atoms with Gasteiger partial charge >= 0.3 is 11.8 Å². The number of phenolic OH excluding ortho intramolecular Hbond substituents is 1. The van der Waals surface area contributed by atoms with Crippen LogP contribution in [-0.4, -0.2) is 23.1 Å². The van der Waals surface area contributed by atoms with Crippen LogP contribution in [0.1, 0.15) is 16.7 Å². The van der Waals surface area contributed by atoms with Crippen LogP contribution in [0.5, 0.6) is 5.75 Å². The number of phenols is 1. The molecule has 0 unspecified atom stereocenters. The lowest BCUT2D eigenvalue weighted by atomic mass is 10.1. The van der Waals surface area contributed by atoms with Gasteiger partial charge in [0.05, 0.1) is 10.7 Å². The highest BCUT2D eigenvalue weighted by Crippen LogP contribution is 2.23. The third-order valence-electron chi connectivity index (χ3n) is 3.32. The fraction of sp³-hybridized carbons (Fsp3) is 0.118. The number of aromatic hydroxyl groups is 1. The second-order valence-electron chi connectivity index (χ2n) is 5.16. The molecule has 0 atom stereocenters. The maximum absolute atomic E-state index is 11.8. The fourth-order valence-corrected chi connectivity index (χ4v) is 2.22. The van der Waals surface area contributed by atoms with Crippen LogP contribution in [-0.2, 0) is 9.59 Å². The maximum atomic E-state index is 11.8. The molecule has 3 N–H and O–H groups in total. The van der Waals surface area contributed by atoms with Gasteiger partial charge in [0.15, 0.2) is 0 Å². The number of aryl methyl sites for hydroxylation is 2. The van der Waals surface area contributed by atoms with E-state index in [1.54, 1.807) is 24.3 Å². The first-order chi connectivity index (χ1) is 11.4. The average Bonchev–Trinajstić information content (AvgIpc) is 2.54. The van der Waals surface area contributed by atoms with Gasteiger partial charge in [-0.2, -0.15) is 5.10 Å². The molecule has 124 valence electrons. The highest BCUT2D eigenvalue weighted by Gasteiger charge is 2.13. The zero-order chi connectivity index (χ0) is 17.7. The molecule has 2 rings (SSSR count). The van der Waals surface area contributed by atoms with Crippen molar-refractivity contribution in [1.29, 1.82) is 0 Å². The van der Waals surface area contributed by atoms with Gasteiger partial charge in [-0.25, -0.2) is 5.43 Å². The first-order valence-corrected chi connectivity index (χ1v) is 7.86. The molecule has 0 aliphatic carbocycles. The highest BCUT2D eigenvalue weighted by molar-refractivity contribution is 9.10. The van der Waals surface area contributed by atoms with E-state index < -0.39 is 11.8 Å². The van der Waals surface area contributed by atoms with E-state index in [1.807, 2.05) is 19.9 Å². The lowest BCUT2D eigenvalue weighted by Crippen LogP contribution is -2.32. The molecule has 24 heavy (non-hydrogen) atoms. The van der Waals surface area contributed by atoms with Gasteiger partial charge < -0.3 is 10.4 Å². The summed E-state index contributed by atoms with van der Waals surface area (Å²) in [5, 5.41) is 15.6. The van der Waals surface area contributed by atoms with Crippen molar-refractivity contribution in [3.8, 4) is 5.75 Å². The highest BCUT2D eigenvalue weighted by atomic mass is 79.9. The Morgan fingerprint density at radius 3 is 2.50 bits per heavy atom. The molecular formula is C17H16BrN3O3. The lowest BCUT2D eigenvalue weighted by molar-refractivity contribution is -0.136. The van der Waals surface area contributed by atoms with Gasteiger partial charge in [0.25, 0.3) is 0 Å². The first-order valence-electron chi connectivity index (χ1n) is 7.07. The van der Waals surface area contributed by atoms with Gasteiger partial charge in [0.1, 0.15) is 5.75 Å². The van der Waals surface area contributed by atoms with Crippen molar-refractivity contribution in [2.45, 2.75) is 13.8 Å². The predicted octanol–water partition coefficient (Wildman–Crippen LogP) is 2.86. The minimum absolute atomic E-state index is 0.101. The summed E-state index contributed by atoms with van der Waals surface area (Å²) in [7, 11) is 0. The number of carbonyl (C=O) groups excluding carboxylic acids is 2. The summed E-state index contributed by atoms with van der Waals surface area (Å²) in [6.07, 6.45) is 1.37. The van der Waals surface area contributed by atoms with Crippen LogP contribution in [0.15, 0.2) is 46.0 Å². The van der Waals surface area contributed by atoms with Crippen molar-refractivity contribution in [3.05, 3.63) is 57.6 Å². The molecule has 2 aromatic carbocycles. The van der Waals surface area contributed by atoms with Crippen molar-refractivity contribution < 1.29 is 14.7 Å². The molecule has 2 amide bonds. The molecule has 0 bridgehead atoms. The lowest BCUT2D eigenvalue weighted by Gasteiger charge is -2.06. The number of hydrogen-bond donors (Lipinski definition) is 3. The molecular weight excluding hydrogens is 374 g/mol. The van der Waals surface area contributed by atoms with Crippen molar-refractivity contribution in [2.75, 3.05) is 5.32 Å². The largest absolute Gasteiger partial charge is 0.507 e. The molecule has 2 aromatic rings. The second-order valence-corrected chi connectivity index (χ2v) is 6.02. The molecule has 0 aliphatic rings. The SMILES string of the molecule is Cc1ccc(NC(=O)C(=O)N/N=C/c2ccc(O)c(Br)c2)cc1C. The number of carbonyl (C=O) groups is 2. The summed E-state index contributed by atoms with van der Waals surface area (Å²) in [4.78, 5) is 23.5. The minimum atomic E-state index is -0.873. The van der Waals surface area contributed by atoms with E-state index in [-0.39, 0.29) is 5.75 Å². The zero-order valence-electron chi connectivity index (χ0n) is 13.1. The Labute approximate surface area is 147 Å². The van der Waals surface area contributed by atoms with E-state index in [0.29, 0.717) is 15.7 Å². The minimum Gasteiger partial charge on any atom is -0.507 e. The molecule has 0 saturated carbocycles. The second kappa shape index (κ2) is 7.74. The Balaban J connectivity index is 1.93. The van der Waals surface area contributed by atoms with E-state index in [9.17, 15) is 14.7 Å². The first kappa shape index (κ1) is 17.7. The van der Waals surface area contributed by atoms with Crippen molar-refractivity contribution in [1.82, 2.24) is 5.43 Å². The van der Waals surface area contributed by atoms with E-state index in [4.69, 9.17) is 0 Å². The van der Waals surface area contributed by atoms with E-state index >= 15 is 0 Å². The van der Waals surface area contributed by atoms with Crippen molar-refractivity contribution >= 4 is 39.6 Å². The molecule has 0 aromatic heterocycles. The molecule has 6 nitrogen and oxygen atoms in total. The molecule has 7 heteroatoms. The molecule has 0 saturated heterocycles. The topological polar surface area (TPSA) is 90.8 Å². The number of nitrogens with zero attached hydrogens (tertiary/aromatic N) is 1. The number of hydrogen-bond acceptors (Lipinski definition) is 4.